The van der Waals surface area contributed by atoms with Gasteiger partial charge in [0.25, 0.3) is 5.91 Å². The van der Waals surface area contributed by atoms with Crippen LogP contribution in [0.2, 0.25) is 0 Å². The van der Waals surface area contributed by atoms with Gasteiger partial charge in [0.1, 0.15) is 17.6 Å². The predicted molar refractivity (Wildman–Crippen MR) is 71.0 cm³/mol. The molecule has 4 nitrogen and oxygen atoms in total. The Labute approximate surface area is 117 Å². The van der Waals surface area contributed by atoms with Gasteiger partial charge in [0, 0.05) is 16.4 Å². The number of nitrogens with one attached hydrogen (secondary N) is 1. The smallest absolute Gasteiger partial charge is 0.274 e. The molecule has 0 aliphatic rings. The maximum Gasteiger partial charge on any atom is 0.274 e. The predicted octanol–water partition coefficient (Wildman–Crippen LogP) is 3.11. The number of carbonyl (C=O) groups excluding carboxylic acids is 1. The lowest BCUT2D eigenvalue weighted by atomic mass is 10.2. The molecule has 0 atom stereocenters. The first kappa shape index (κ1) is 13.2. The molecule has 2 rings (SSSR count). The minimum atomic E-state index is -0.623. The van der Waals surface area contributed by atoms with Crippen LogP contribution in [0.15, 0.2) is 41.0 Å². The molecule has 0 saturated carbocycles. The summed E-state index contributed by atoms with van der Waals surface area (Å²) < 4.78 is 13.9. The fraction of sp³-hybridized carbons (Fsp3) is 0. The first-order chi connectivity index (χ1) is 9.10. The Morgan fingerprint density at radius 1 is 1.37 bits per heavy atom. The van der Waals surface area contributed by atoms with Crippen LogP contribution in [0.1, 0.15) is 16.1 Å². The van der Waals surface area contributed by atoms with E-state index < -0.39 is 11.7 Å². The number of amides is 1. The second kappa shape index (κ2) is 5.59. The van der Waals surface area contributed by atoms with E-state index in [1.165, 1.54) is 18.3 Å². The zero-order valence-corrected chi connectivity index (χ0v) is 11.1. The summed E-state index contributed by atoms with van der Waals surface area (Å²) in [6.07, 6.45) is 1.50. The van der Waals surface area contributed by atoms with Crippen molar-refractivity contribution in [2.75, 3.05) is 5.32 Å². The minimum Gasteiger partial charge on any atom is -0.321 e. The van der Waals surface area contributed by atoms with Crippen molar-refractivity contribution in [2.45, 2.75) is 0 Å². The van der Waals surface area contributed by atoms with Gasteiger partial charge in [0.15, 0.2) is 0 Å². The number of anilines is 1. The molecule has 1 heterocycles. The molecule has 0 radical (unpaired) electrons. The molecule has 2 aromatic rings. The van der Waals surface area contributed by atoms with Crippen LogP contribution < -0.4 is 5.32 Å². The maximum atomic E-state index is 13.1. The summed E-state index contributed by atoms with van der Waals surface area (Å²) >= 11 is 3.22. The molecule has 0 unspecified atom stereocenters. The Hall–Kier alpha value is -2.26. The molecule has 0 aliphatic carbocycles. The van der Waals surface area contributed by atoms with Gasteiger partial charge in [-0.15, -0.1) is 0 Å². The van der Waals surface area contributed by atoms with E-state index in [1.54, 1.807) is 18.2 Å². The molecule has 6 heteroatoms. The number of rotatable bonds is 2. The number of hydrogen-bond donors (Lipinski definition) is 1. The summed E-state index contributed by atoms with van der Waals surface area (Å²) in [6.45, 7) is 0. The lowest BCUT2D eigenvalue weighted by molar-refractivity contribution is 0.102. The molecule has 1 aromatic heterocycles. The van der Waals surface area contributed by atoms with E-state index in [-0.39, 0.29) is 11.3 Å². The summed E-state index contributed by atoms with van der Waals surface area (Å²) in [5.74, 6) is -1.05. The molecule has 0 fully saturated rings. The highest BCUT2D eigenvalue weighted by molar-refractivity contribution is 9.10. The third-order valence-electron chi connectivity index (χ3n) is 2.30. The molecular weight excluding hydrogens is 313 g/mol. The molecule has 1 amide bonds. The van der Waals surface area contributed by atoms with Crippen molar-refractivity contribution < 1.29 is 9.18 Å². The molecule has 19 heavy (non-hydrogen) atoms. The van der Waals surface area contributed by atoms with Crippen LogP contribution in [0.25, 0.3) is 0 Å². The van der Waals surface area contributed by atoms with Gasteiger partial charge in [-0.3, -0.25) is 4.79 Å². The molecule has 1 N–H and O–H groups in total. The standard InChI is InChI=1S/C13H7BrFN3O/c14-9-1-4-12(17-7-9)13(19)18-10-2-3-11(15)8(5-10)6-16/h1-5,7H,(H,18,19). The number of halogens is 2. The zero-order valence-electron chi connectivity index (χ0n) is 9.52. The Bertz CT molecular complexity index is 665. The Balaban J connectivity index is 2.20. The van der Waals surface area contributed by atoms with Gasteiger partial charge >= 0.3 is 0 Å². The van der Waals surface area contributed by atoms with Crippen LogP contribution in [-0.4, -0.2) is 10.9 Å². The number of carbonyl (C=O) groups is 1. The third kappa shape index (κ3) is 3.14. The first-order valence-corrected chi connectivity index (χ1v) is 6.02. The van der Waals surface area contributed by atoms with Gasteiger partial charge in [-0.1, -0.05) is 0 Å². The molecule has 0 bridgehead atoms. The maximum absolute atomic E-state index is 13.1. The van der Waals surface area contributed by atoms with Crippen LogP contribution in [-0.2, 0) is 0 Å². The Kier molecular flexibility index (Phi) is 3.88. The SMILES string of the molecule is N#Cc1cc(NC(=O)c2ccc(Br)cn2)ccc1F. The second-order valence-electron chi connectivity index (χ2n) is 3.62. The average molecular weight is 320 g/mol. The highest BCUT2D eigenvalue weighted by Crippen LogP contribution is 2.15. The van der Waals surface area contributed by atoms with E-state index in [9.17, 15) is 9.18 Å². The largest absolute Gasteiger partial charge is 0.321 e. The lowest BCUT2D eigenvalue weighted by Crippen LogP contribution is -2.13. The van der Waals surface area contributed by atoms with Crippen molar-refractivity contribution >= 4 is 27.5 Å². The molecule has 0 spiro atoms. The van der Waals surface area contributed by atoms with Crippen molar-refractivity contribution in [1.82, 2.24) is 4.98 Å². The van der Waals surface area contributed by atoms with Crippen LogP contribution in [0.3, 0.4) is 0 Å². The van der Waals surface area contributed by atoms with Crippen molar-refractivity contribution in [1.29, 1.82) is 5.26 Å². The van der Waals surface area contributed by atoms with Gasteiger partial charge in [0.05, 0.1) is 5.56 Å². The van der Waals surface area contributed by atoms with Crippen LogP contribution in [0.4, 0.5) is 10.1 Å². The van der Waals surface area contributed by atoms with E-state index in [0.29, 0.717) is 5.69 Å². The highest BCUT2D eigenvalue weighted by Gasteiger charge is 2.09. The fourth-order valence-electron chi connectivity index (χ4n) is 1.39. The Morgan fingerprint density at radius 2 is 2.16 bits per heavy atom. The Morgan fingerprint density at radius 3 is 2.79 bits per heavy atom. The van der Waals surface area contributed by atoms with Crippen molar-refractivity contribution in [3.8, 4) is 6.07 Å². The topological polar surface area (TPSA) is 65.8 Å². The van der Waals surface area contributed by atoms with Crippen molar-refractivity contribution in [3.63, 3.8) is 0 Å². The van der Waals surface area contributed by atoms with Crippen LogP contribution >= 0.6 is 15.9 Å². The number of aromatic nitrogens is 1. The summed E-state index contributed by atoms with van der Waals surface area (Å²) in [4.78, 5) is 15.8. The van der Waals surface area contributed by atoms with E-state index in [4.69, 9.17) is 5.26 Å². The van der Waals surface area contributed by atoms with Crippen molar-refractivity contribution in [3.05, 3.63) is 58.1 Å². The molecule has 0 saturated heterocycles. The van der Waals surface area contributed by atoms with E-state index in [2.05, 4.69) is 26.2 Å². The normalized spacial score (nSPS) is 9.74. The third-order valence-corrected chi connectivity index (χ3v) is 2.77. The van der Waals surface area contributed by atoms with E-state index in [0.717, 1.165) is 10.5 Å². The average Bonchev–Trinajstić information content (AvgIpc) is 2.41. The van der Waals surface area contributed by atoms with E-state index in [1.807, 2.05) is 0 Å². The number of nitriles is 1. The summed E-state index contributed by atoms with van der Waals surface area (Å²) in [5.41, 5.74) is 0.445. The summed E-state index contributed by atoms with van der Waals surface area (Å²) in [5, 5.41) is 11.2. The van der Waals surface area contributed by atoms with Gasteiger partial charge in [-0.05, 0) is 46.3 Å². The van der Waals surface area contributed by atoms with Crippen molar-refractivity contribution in [2.24, 2.45) is 0 Å². The lowest BCUT2D eigenvalue weighted by Gasteiger charge is -2.05. The minimum absolute atomic E-state index is 0.124. The quantitative estimate of drug-likeness (QED) is 0.924. The summed E-state index contributed by atoms with van der Waals surface area (Å²) in [6, 6.07) is 8.73. The number of nitrogens with zero attached hydrogens (tertiary/aromatic N) is 2. The van der Waals surface area contributed by atoms with Gasteiger partial charge in [-0.2, -0.15) is 5.26 Å². The van der Waals surface area contributed by atoms with Gasteiger partial charge < -0.3 is 5.32 Å². The monoisotopic (exact) mass is 319 g/mol. The number of pyridine rings is 1. The molecule has 94 valence electrons. The summed E-state index contributed by atoms with van der Waals surface area (Å²) in [7, 11) is 0. The zero-order chi connectivity index (χ0) is 13.8. The molecular formula is C13H7BrFN3O. The molecule has 0 aliphatic heterocycles. The fourth-order valence-corrected chi connectivity index (χ4v) is 1.63. The van der Waals surface area contributed by atoms with Gasteiger partial charge in [-0.25, -0.2) is 9.37 Å². The first-order valence-electron chi connectivity index (χ1n) is 5.22. The van der Waals surface area contributed by atoms with Crippen LogP contribution in [0.5, 0.6) is 0 Å². The van der Waals surface area contributed by atoms with E-state index >= 15 is 0 Å². The second-order valence-corrected chi connectivity index (χ2v) is 4.54. The molecule has 1 aromatic carbocycles. The number of benzene rings is 1. The highest BCUT2D eigenvalue weighted by atomic mass is 79.9. The van der Waals surface area contributed by atoms with Gasteiger partial charge in [0.2, 0.25) is 0 Å². The van der Waals surface area contributed by atoms with Crippen LogP contribution in [0, 0.1) is 17.1 Å². The number of hydrogen-bond acceptors (Lipinski definition) is 3.